The summed E-state index contributed by atoms with van der Waals surface area (Å²) in [5, 5.41) is 13.6. The molecule has 0 radical (unpaired) electrons. The van der Waals surface area contributed by atoms with Crippen molar-refractivity contribution in [3.8, 4) is 0 Å². The molecule has 8 nitrogen and oxygen atoms in total. The van der Waals surface area contributed by atoms with Crippen LogP contribution in [-0.4, -0.2) is 68.1 Å². The number of hydrogen-bond acceptors (Lipinski definition) is 4. The zero-order valence-electron chi connectivity index (χ0n) is 14.9. The Bertz CT molecular complexity index is 694. The molecule has 2 aliphatic rings. The number of carbonyl (C=O) groups excluding carboxylic acids is 2. The Morgan fingerprint density at radius 3 is 2.36 bits per heavy atom. The number of likely N-dealkylation sites (tertiary alicyclic amines) is 2. The molecule has 0 aromatic carbocycles. The number of aliphatic carboxylic acids is 1. The summed E-state index contributed by atoms with van der Waals surface area (Å²) >= 11 is 0. The average Bonchev–Trinajstić information content (AvgIpc) is 3.08. The van der Waals surface area contributed by atoms with Gasteiger partial charge in [-0.2, -0.15) is 5.10 Å². The lowest BCUT2D eigenvalue weighted by molar-refractivity contribution is -0.147. The molecule has 136 valence electrons. The summed E-state index contributed by atoms with van der Waals surface area (Å²) in [5.41, 5.74) is 1.17. The molecule has 0 saturated carbocycles. The third-order valence-electron chi connectivity index (χ3n) is 5.53. The molecule has 0 bridgehead atoms. The highest BCUT2D eigenvalue weighted by Crippen LogP contribution is 2.43. The van der Waals surface area contributed by atoms with Gasteiger partial charge in [-0.05, 0) is 37.7 Å². The average molecular weight is 348 g/mol. The lowest BCUT2D eigenvalue weighted by Gasteiger charge is -2.39. The largest absolute Gasteiger partial charge is 0.480 e. The van der Waals surface area contributed by atoms with E-state index in [1.165, 1.54) is 11.8 Å². The van der Waals surface area contributed by atoms with Crippen LogP contribution in [0.15, 0.2) is 6.07 Å². The quantitative estimate of drug-likeness (QED) is 0.847. The van der Waals surface area contributed by atoms with Gasteiger partial charge in [0.1, 0.15) is 11.7 Å². The van der Waals surface area contributed by atoms with Crippen LogP contribution in [0.3, 0.4) is 0 Å². The van der Waals surface area contributed by atoms with E-state index in [0.717, 1.165) is 5.69 Å². The van der Waals surface area contributed by atoms with Gasteiger partial charge in [0.2, 0.25) is 5.91 Å². The van der Waals surface area contributed by atoms with Crippen molar-refractivity contribution in [2.45, 2.75) is 39.2 Å². The minimum absolute atomic E-state index is 0.0471. The van der Waals surface area contributed by atoms with Crippen molar-refractivity contribution < 1.29 is 19.5 Å². The number of hydrogen-bond donors (Lipinski definition) is 1. The van der Waals surface area contributed by atoms with Crippen LogP contribution in [0.4, 0.5) is 0 Å². The van der Waals surface area contributed by atoms with Crippen LogP contribution in [0, 0.1) is 12.3 Å². The van der Waals surface area contributed by atoms with Crippen LogP contribution < -0.4 is 0 Å². The number of piperidine rings is 1. The van der Waals surface area contributed by atoms with Gasteiger partial charge >= 0.3 is 5.97 Å². The molecule has 1 aromatic rings. The number of nitrogens with zero attached hydrogens (tertiary/aromatic N) is 4. The Morgan fingerprint density at radius 2 is 1.92 bits per heavy atom. The number of carbonyl (C=O) groups is 3. The zero-order chi connectivity index (χ0) is 18.4. The van der Waals surface area contributed by atoms with Crippen molar-refractivity contribution in [1.29, 1.82) is 0 Å². The highest BCUT2D eigenvalue weighted by atomic mass is 16.4. The van der Waals surface area contributed by atoms with Crippen molar-refractivity contribution in [2.75, 3.05) is 19.6 Å². The van der Waals surface area contributed by atoms with Gasteiger partial charge in [-0.3, -0.25) is 14.3 Å². The van der Waals surface area contributed by atoms with E-state index in [1.807, 2.05) is 6.92 Å². The molecule has 2 amide bonds. The number of carboxylic acid groups (broad SMARTS) is 1. The van der Waals surface area contributed by atoms with E-state index in [1.54, 1.807) is 22.7 Å². The SMILES string of the molecule is CC(=O)N1CC2(CCN(C(=O)c3cc(C)nn3C)CC2)C[C@@H]1C(=O)O. The fourth-order valence-corrected chi connectivity index (χ4v) is 4.13. The molecule has 2 saturated heterocycles. The van der Waals surface area contributed by atoms with E-state index in [4.69, 9.17) is 0 Å². The Labute approximate surface area is 146 Å². The van der Waals surface area contributed by atoms with E-state index < -0.39 is 12.0 Å². The maximum absolute atomic E-state index is 12.7. The van der Waals surface area contributed by atoms with Crippen molar-refractivity contribution >= 4 is 17.8 Å². The lowest BCUT2D eigenvalue weighted by atomic mass is 9.76. The summed E-state index contributed by atoms with van der Waals surface area (Å²) in [5.74, 6) is -1.20. The number of rotatable bonds is 2. The first kappa shape index (κ1) is 17.4. The first-order valence-electron chi connectivity index (χ1n) is 8.52. The Hall–Kier alpha value is -2.38. The second-order valence-corrected chi connectivity index (χ2v) is 7.29. The summed E-state index contributed by atoms with van der Waals surface area (Å²) in [6.07, 6.45) is 1.89. The van der Waals surface area contributed by atoms with E-state index in [0.29, 0.717) is 44.6 Å². The third-order valence-corrected chi connectivity index (χ3v) is 5.53. The molecule has 2 aliphatic heterocycles. The second-order valence-electron chi connectivity index (χ2n) is 7.29. The summed E-state index contributed by atoms with van der Waals surface area (Å²) in [4.78, 5) is 39.2. The topological polar surface area (TPSA) is 95.7 Å². The highest BCUT2D eigenvalue weighted by molar-refractivity contribution is 5.92. The van der Waals surface area contributed by atoms with Crippen LogP contribution >= 0.6 is 0 Å². The first-order chi connectivity index (χ1) is 11.7. The minimum atomic E-state index is -0.948. The van der Waals surface area contributed by atoms with Gasteiger partial charge in [0.25, 0.3) is 5.91 Å². The van der Waals surface area contributed by atoms with Crippen molar-refractivity contribution in [1.82, 2.24) is 19.6 Å². The molecule has 8 heteroatoms. The molecule has 1 aromatic heterocycles. The number of carboxylic acids is 1. The molecule has 1 N–H and O–H groups in total. The molecule has 0 aliphatic carbocycles. The molecule has 0 unspecified atom stereocenters. The van der Waals surface area contributed by atoms with E-state index >= 15 is 0 Å². The fraction of sp³-hybridized carbons (Fsp3) is 0.647. The number of aryl methyl sites for hydroxylation is 2. The Morgan fingerprint density at radius 1 is 1.28 bits per heavy atom. The predicted molar refractivity (Wildman–Crippen MR) is 88.9 cm³/mol. The van der Waals surface area contributed by atoms with Crippen molar-refractivity contribution in [3.05, 3.63) is 17.5 Å². The normalized spacial score (nSPS) is 22.4. The minimum Gasteiger partial charge on any atom is -0.480 e. The van der Waals surface area contributed by atoms with Gasteiger partial charge in [0.15, 0.2) is 0 Å². The van der Waals surface area contributed by atoms with E-state index in [9.17, 15) is 19.5 Å². The maximum Gasteiger partial charge on any atom is 0.326 e. The molecular weight excluding hydrogens is 324 g/mol. The molecule has 3 heterocycles. The molecule has 25 heavy (non-hydrogen) atoms. The second kappa shape index (κ2) is 6.16. The van der Waals surface area contributed by atoms with Crippen LogP contribution in [0.5, 0.6) is 0 Å². The monoisotopic (exact) mass is 348 g/mol. The van der Waals surface area contributed by atoms with Gasteiger partial charge < -0.3 is 14.9 Å². The van der Waals surface area contributed by atoms with Crippen molar-refractivity contribution in [2.24, 2.45) is 12.5 Å². The highest BCUT2D eigenvalue weighted by Gasteiger charge is 2.49. The van der Waals surface area contributed by atoms with Crippen LogP contribution in [0.2, 0.25) is 0 Å². The smallest absolute Gasteiger partial charge is 0.326 e. The first-order valence-corrected chi connectivity index (χ1v) is 8.52. The van der Waals surface area contributed by atoms with E-state index in [2.05, 4.69) is 5.10 Å². The van der Waals surface area contributed by atoms with Gasteiger partial charge in [0.05, 0.1) is 5.69 Å². The zero-order valence-corrected chi connectivity index (χ0v) is 14.9. The molecular formula is C17H24N4O4. The predicted octanol–water partition coefficient (Wildman–Crippen LogP) is 0.656. The molecule has 2 fully saturated rings. The number of aromatic nitrogens is 2. The lowest BCUT2D eigenvalue weighted by Crippen LogP contribution is -2.45. The molecule has 1 spiro atoms. The third kappa shape index (κ3) is 3.12. The standard InChI is InChI=1S/C17H24N4O4/c1-11-8-13(19(3)18-11)15(23)20-6-4-17(5-7-20)9-14(16(24)25)21(10-17)12(2)22/h8,14H,4-7,9-10H2,1-3H3,(H,24,25)/t14-/m1/s1. The Kier molecular flexibility index (Phi) is 4.30. The fourth-order valence-electron chi connectivity index (χ4n) is 4.13. The van der Waals surface area contributed by atoms with Gasteiger partial charge in [0, 0.05) is 33.6 Å². The van der Waals surface area contributed by atoms with Crippen molar-refractivity contribution in [3.63, 3.8) is 0 Å². The summed E-state index contributed by atoms with van der Waals surface area (Å²) in [6, 6.07) is 1.03. The summed E-state index contributed by atoms with van der Waals surface area (Å²) in [6.45, 7) is 4.87. The van der Waals surface area contributed by atoms with Crippen LogP contribution in [-0.2, 0) is 16.6 Å². The van der Waals surface area contributed by atoms with Gasteiger partial charge in [-0.1, -0.05) is 0 Å². The van der Waals surface area contributed by atoms with Gasteiger partial charge in [-0.25, -0.2) is 4.79 Å². The summed E-state index contributed by atoms with van der Waals surface area (Å²) < 4.78 is 1.59. The Balaban J connectivity index is 1.69. The number of amides is 2. The van der Waals surface area contributed by atoms with Crippen LogP contribution in [0.1, 0.15) is 42.4 Å². The molecule has 1 atom stereocenters. The summed E-state index contributed by atoms with van der Waals surface area (Å²) in [7, 11) is 1.75. The molecule has 3 rings (SSSR count). The van der Waals surface area contributed by atoms with Gasteiger partial charge in [-0.15, -0.1) is 0 Å². The van der Waals surface area contributed by atoms with E-state index in [-0.39, 0.29) is 17.2 Å². The maximum atomic E-state index is 12.7. The van der Waals surface area contributed by atoms with Crippen LogP contribution in [0.25, 0.3) is 0 Å².